The molecule has 0 aliphatic rings. The summed E-state index contributed by atoms with van der Waals surface area (Å²) in [4.78, 5) is 16.4. The van der Waals surface area contributed by atoms with Gasteiger partial charge in [0, 0.05) is 12.4 Å². The average Bonchev–Trinajstić information content (AvgIpc) is 3.13. The molecule has 0 saturated carbocycles. The molecule has 1 heterocycles. The summed E-state index contributed by atoms with van der Waals surface area (Å²) in [6.07, 6.45) is -1.23. The van der Waals surface area contributed by atoms with Gasteiger partial charge in [-0.3, -0.25) is 9.36 Å². The van der Waals surface area contributed by atoms with Gasteiger partial charge in [0.2, 0.25) is 5.91 Å². The van der Waals surface area contributed by atoms with Crippen LogP contribution in [0.5, 0.6) is 0 Å². The smallest absolute Gasteiger partial charge is 0.340 e. The molecule has 0 aliphatic carbocycles. The first-order valence-corrected chi connectivity index (χ1v) is 9.48. The average molecular weight is 405 g/mol. The molecule has 0 spiro atoms. The summed E-state index contributed by atoms with van der Waals surface area (Å²) < 4.78 is 41.9. The summed E-state index contributed by atoms with van der Waals surface area (Å²) in [6.45, 7) is 1.95. The van der Waals surface area contributed by atoms with E-state index in [9.17, 15) is 18.0 Å². The number of carbonyl (C=O) groups excluding carboxylic acids is 1. The summed E-state index contributed by atoms with van der Waals surface area (Å²) in [5.74, 6) is -0.891. The first-order valence-electron chi connectivity index (χ1n) is 8.49. The molecule has 2 aromatic carbocycles. The minimum atomic E-state index is -4.58. The van der Waals surface area contributed by atoms with Crippen molar-refractivity contribution in [1.82, 2.24) is 14.9 Å². The third kappa shape index (κ3) is 4.75. The van der Waals surface area contributed by atoms with Gasteiger partial charge in [-0.25, -0.2) is 4.98 Å². The monoisotopic (exact) mass is 405 g/mol. The number of imidazole rings is 1. The van der Waals surface area contributed by atoms with E-state index in [4.69, 9.17) is 0 Å². The highest BCUT2D eigenvalue weighted by molar-refractivity contribution is 7.99. The van der Waals surface area contributed by atoms with E-state index in [2.05, 4.69) is 10.3 Å². The van der Waals surface area contributed by atoms with Gasteiger partial charge in [0.1, 0.15) is 0 Å². The van der Waals surface area contributed by atoms with Crippen LogP contribution in [-0.2, 0) is 4.79 Å². The number of thioether (sulfide) groups is 1. The summed E-state index contributed by atoms with van der Waals surface area (Å²) in [7, 11) is 0. The van der Waals surface area contributed by atoms with Gasteiger partial charge in [-0.1, -0.05) is 60.3 Å². The van der Waals surface area contributed by atoms with E-state index in [-0.39, 0.29) is 11.3 Å². The first-order chi connectivity index (χ1) is 13.4. The van der Waals surface area contributed by atoms with Gasteiger partial charge < -0.3 is 5.32 Å². The molecule has 28 heavy (non-hydrogen) atoms. The van der Waals surface area contributed by atoms with Crippen molar-refractivity contribution >= 4 is 17.7 Å². The van der Waals surface area contributed by atoms with Gasteiger partial charge in [-0.15, -0.1) is 0 Å². The Morgan fingerprint density at radius 3 is 2.50 bits per heavy atom. The number of aromatic nitrogens is 2. The number of hydrogen-bond acceptors (Lipinski definition) is 3. The maximum atomic E-state index is 13.4. The fourth-order valence-corrected chi connectivity index (χ4v) is 3.52. The maximum Gasteiger partial charge on any atom is 0.412 e. The lowest BCUT2D eigenvalue weighted by Crippen LogP contribution is -2.39. The van der Waals surface area contributed by atoms with Crippen LogP contribution in [0.15, 0.2) is 72.1 Å². The highest BCUT2D eigenvalue weighted by Gasteiger charge is 2.41. The van der Waals surface area contributed by atoms with E-state index in [1.54, 1.807) is 18.5 Å². The number of nitrogens with one attached hydrogen (secondary N) is 1. The summed E-state index contributed by atoms with van der Waals surface area (Å²) in [5.41, 5.74) is 1.92. The lowest BCUT2D eigenvalue weighted by atomic mass is 10.1. The Balaban J connectivity index is 1.70. The van der Waals surface area contributed by atoms with E-state index in [0.717, 1.165) is 23.0 Å². The van der Waals surface area contributed by atoms with Crippen LogP contribution in [0, 0.1) is 6.92 Å². The van der Waals surface area contributed by atoms with E-state index in [0.29, 0.717) is 5.16 Å². The van der Waals surface area contributed by atoms with Crippen LogP contribution in [-0.4, -0.2) is 27.4 Å². The van der Waals surface area contributed by atoms with Crippen molar-refractivity contribution in [3.8, 4) is 5.69 Å². The molecule has 1 amide bonds. The third-order valence-corrected chi connectivity index (χ3v) is 5.05. The van der Waals surface area contributed by atoms with Gasteiger partial charge in [-0.2, -0.15) is 13.2 Å². The highest BCUT2D eigenvalue weighted by atomic mass is 32.2. The van der Waals surface area contributed by atoms with E-state index in [1.165, 1.54) is 24.3 Å². The zero-order valence-corrected chi connectivity index (χ0v) is 15.8. The predicted molar refractivity (Wildman–Crippen MR) is 102 cm³/mol. The molecule has 3 rings (SSSR count). The van der Waals surface area contributed by atoms with Crippen LogP contribution in [0.4, 0.5) is 13.2 Å². The molecular weight excluding hydrogens is 387 g/mol. The minimum absolute atomic E-state index is 0.00485. The number of rotatable bonds is 6. The molecule has 1 aromatic heterocycles. The van der Waals surface area contributed by atoms with Gasteiger partial charge in [0.15, 0.2) is 11.2 Å². The second-order valence-electron chi connectivity index (χ2n) is 6.11. The first kappa shape index (κ1) is 20.0. The Bertz CT molecular complexity index is 941. The Morgan fingerprint density at radius 1 is 1.14 bits per heavy atom. The lowest BCUT2D eigenvalue weighted by Gasteiger charge is -2.22. The highest BCUT2D eigenvalue weighted by Crippen LogP contribution is 2.32. The van der Waals surface area contributed by atoms with E-state index in [1.807, 2.05) is 35.8 Å². The maximum absolute atomic E-state index is 13.4. The molecule has 1 N–H and O–H groups in total. The third-order valence-electron chi connectivity index (χ3n) is 4.08. The van der Waals surface area contributed by atoms with Gasteiger partial charge in [0.05, 0.1) is 11.4 Å². The quantitative estimate of drug-likeness (QED) is 0.605. The molecule has 0 aliphatic heterocycles. The summed E-state index contributed by atoms with van der Waals surface area (Å²) >= 11 is 1.09. The van der Waals surface area contributed by atoms with Crippen LogP contribution in [0.25, 0.3) is 5.69 Å². The fraction of sp³-hybridized carbons (Fsp3) is 0.200. The standard InChI is InChI=1S/C20H18F3N3OS/c1-14-7-5-6-10-16(14)26-12-11-24-19(26)28-13-17(27)25-18(20(21,22)23)15-8-3-2-4-9-15/h2-12,18H,13H2,1H3,(H,25,27). The van der Waals surface area contributed by atoms with Crippen molar-refractivity contribution in [2.24, 2.45) is 0 Å². The number of carbonyl (C=O) groups is 1. The predicted octanol–water partition coefficient (Wildman–Crippen LogP) is 4.69. The Morgan fingerprint density at radius 2 is 1.82 bits per heavy atom. The largest absolute Gasteiger partial charge is 0.412 e. The van der Waals surface area contributed by atoms with Crippen molar-refractivity contribution in [1.29, 1.82) is 0 Å². The van der Waals surface area contributed by atoms with Crippen molar-refractivity contribution in [2.75, 3.05) is 5.75 Å². The molecule has 146 valence electrons. The zero-order chi connectivity index (χ0) is 20.1. The van der Waals surface area contributed by atoms with Gasteiger partial charge in [-0.05, 0) is 24.1 Å². The Labute approximate surface area is 164 Å². The lowest BCUT2D eigenvalue weighted by molar-refractivity contribution is -0.162. The van der Waals surface area contributed by atoms with Crippen molar-refractivity contribution < 1.29 is 18.0 Å². The molecule has 0 radical (unpaired) electrons. The molecule has 4 nitrogen and oxygen atoms in total. The molecule has 0 bridgehead atoms. The van der Waals surface area contributed by atoms with Crippen molar-refractivity contribution in [3.63, 3.8) is 0 Å². The van der Waals surface area contributed by atoms with E-state index >= 15 is 0 Å². The van der Waals surface area contributed by atoms with E-state index < -0.39 is 18.1 Å². The van der Waals surface area contributed by atoms with Crippen LogP contribution < -0.4 is 5.32 Å². The fourth-order valence-electron chi connectivity index (χ4n) is 2.75. The number of hydrogen-bond donors (Lipinski definition) is 1. The van der Waals surface area contributed by atoms with Gasteiger partial charge in [0.25, 0.3) is 0 Å². The second-order valence-corrected chi connectivity index (χ2v) is 7.05. The number of benzene rings is 2. The SMILES string of the molecule is Cc1ccccc1-n1ccnc1SCC(=O)NC(c1ccccc1)C(F)(F)F. The number of para-hydroxylation sites is 1. The molecule has 3 aromatic rings. The number of amides is 1. The van der Waals surface area contributed by atoms with Crippen molar-refractivity contribution in [2.45, 2.75) is 24.3 Å². The number of alkyl halides is 3. The Kier molecular flexibility index (Phi) is 6.08. The van der Waals surface area contributed by atoms with Crippen LogP contribution >= 0.6 is 11.8 Å². The molecule has 1 atom stereocenters. The van der Waals surface area contributed by atoms with Crippen LogP contribution in [0.1, 0.15) is 17.2 Å². The number of aryl methyl sites for hydroxylation is 1. The van der Waals surface area contributed by atoms with Crippen LogP contribution in [0.3, 0.4) is 0 Å². The summed E-state index contributed by atoms with van der Waals surface area (Å²) in [6, 6.07) is 12.9. The minimum Gasteiger partial charge on any atom is -0.340 e. The number of nitrogens with zero attached hydrogens (tertiary/aromatic N) is 2. The molecule has 1 unspecified atom stereocenters. The molecule has 8 heteroatoms. The normalized spacial score (nSPS) is 12.6. The summed E-state index contributed by atoms with van der Waals surface area (Å²) in [5, 5.41) is 2.62. The zero-order valence-electron chi connectivity index (χ0n) is 15.0. The molecular formula is C20H18F3N3OS. The molecule has 0 fully saturated rings. The topological polar surface area (TPSA) is 46.9 Å². The molecule has 0 saturated heterocycles. The second kappa shape index (κ2) is 8.52. The van der Waals surface area contributed by atoms with Crippen molar-refractivity contribution in [3.05, 3.63) is 78.1 Å². The van der Waals surface area contributed by atoms with Crippen LogP contribution in [0.2, 0.25) is 0 Å². The van der Waals surface area contributed by atoms with Gasteiger partial charge >= 0.3 is 6.18 Å². The number of halogens is 3. The Hall–Kier alpha value is -2.74.